The highest BCUT2D eigenvalue weighted by Gasteiger charge is 2.19. The maximum Gasteiger partial charge on any atom is 0.306 e. The summed E-state index contributed by atoms with van der Waals surface area (Å²) in [4.78, 5) is 38.3. The van der Waals surface area contributed by atoms with Crippen LogP contribution in [0.1, 0.15) is 265 Å². The van der Waals surface area contributed by atoms with Gasteiger partial charge in [0.05, 0.1) is 0 Å². The average Bonchev–Trinajstić information content (AvgIpc) is 3.46. The third kappa shape index (κ3) is 65.5. The molecule has 0 aromatic heterocycles. The SMILES string of the molecule is CC/C=C\C/C=C\C/C=C\C/C=C\C/C=C\C/C=C\C/C=C\C/C=C\CCCCC(=O)OCC(COC(=O)CCCCCCC/C=C\C/C=C\CCC)OC(=O)CCCCCCCCCCCC/C=C\C/C=C\C/C=C\C/C=C\CC. The van der Waals surface area contributed by atoms with Crippen molar-refractivity contribution < 1.29 is 28.6 Å². The summed E-state index contributed by atoms with van der Waals surface area (Å²) in [6.07, 6.45) is 99.3. The molecule has 81 heavy (non-hydrogen) atoms. The number of hydrogen-bond acceptors (Lipinski definition) is 6. The predicted octanol–water partition coefficient (Wildman–Crippen LogP) is 22.7. The van der Waals surface area contributed by atoms with Gasteiger partial charge in [-0.05, 0) is 148 Å². The fourth-order valence-electron chi connectivity index (χ4n) is 8.37. The highest BCUT2D eigenvalue weighted by Crippen LogP contribution is 2.15. The van der Waals surface area contributed by atoms with Gasteiger partial charge in [0.2, 0.25) is 0 Å². The van der Waals surface area contributed by atoms with Gasteiger partial charge in [-0.15, -0.1) is 0 Å². The number of rotatable bonds is 57. The molecular formula is C75H118O6. The van der Waals surface area contributed by atoms with Crippen molar-refractivity contribution in [3.05, 3.63) is 170 Å². The van der Waals surface area contributed by atoms with Crippen LogP contribution in [0.3, 0.4) is 0 Å². The van der Waals surface area contributed by atoms with Crippen LogP contribution in [-0.2, 0) is 28.6 Å². The van der Waals surface area contributed by atoms with E-state index in [0.29, 0.717) is 25.7 Å². The number of carbonyl (C=O) groups is 3. The quantitative estimate of drug-likeness (QED) is 0.0261. The minimum atomic E-state index is -0.815. The van der Waals surface area contributed by atoms with E-state index in [0.717, 1.165) is 161 Å². The highest BCUT2D eigenvalue weighted by atomic mass is 16.6. The first-order valence-corrected chi connectivity index (χ1v) is 32.6. The highest BCUT2D eigenvalue weighted by molar-refractivity contribution is 5.71. The molecule has 0 aliphatic rings. The molecule has 0 aromatic carbocycles. The molecule has 0 N–H and O–H groups in total. The van der Waals surface area contributed by atoms with Gasteiger partial charge in [-0.3, -0.25) is 14.4 Å². The largest absolute Gasteiger partial charge is 0.462 e. The van der Waals surface area contributed by atoms with Crippen LogP contribution < -0.4 is 0 Å². The van der Waals surface area contributed by atoms with Crippen molar-refractivity contribution in [3.8, 4) is 0 Å². The maximum absolute atomic E-state index is 12.9. The standard InChI is InChI=1S/C75H118O6/c1-4-7-10-13-16-19-22-25-27-29-31-33-35-36-37-38-40-41-43-45-47-50-53-56-59-62-65-68-74(77)80-71-72(70-79-73(76)67-64-61-58-55-52-49-24-21-18-15-12-9-6-3)81-75(78)69-66-63-60-57-54-51-48-46-44-42-39-34-32-30-28-26-23-20-17-14-11-8-5-2/h7-8,10-12,15-17,19-21,24-28,31-34,36-37,40-41,45,47,53,56,72H,4-6,9,13-14,18,22-23,29-30,35,38-39,42-44,46,48-52,54-55,57-71H2,1-3H3/b10-7-,11-8-,15-12-,19-16-,20-17-,24-21-,27-25-,28-26-,33-31-,34-32-,37-36-,41-40-,47-45-,56-53-. The molecule has 0 aliphatic heterocycles. The molecule has 0 spiro atoms. The molecule has 0 amide bonds. The molecule has 0 aliphatic carbocycles. The first kappa shape index (κ1) is 75.8. The van der Waals surface area contributed by atoms with E-state index in [9.17, 15) is 14.4 Å². The zero-order valence-electron chi connectivity index (χ0n) is 52.0. The van der Waals surface area contributed by atoms with Crippen LogP contribution in [0.5, 0.6) is 0 Å². The number of esters is 3. The van der Waals surface area contributed by atoms with E-state index in [2.05, 4.69) is 191 Å². The second-order valence-corrected chi connectivity index (χ2v) is 20.9. The molecule has 0 rings (SSSR count). The van der Waals surface area contributed by atoms with Gasteiger partial charge in [-0.25, -0.2) is 0 Å². The number of carbonyl (C=O) groups excluding carboxylic acids is 3. The van der Waals surface area contributed by atoms with E-state index in [1.807, 2.05) is 0 Å². The van der Waals surface area contributed by atoms with Crippen LogP contribution in [0.2, 0.25) is 0 Å². The Labute approximate surface area is 498 Å². The van der Waals surface area contributed by atoms with Crippen molar-refractivity contribution in [2.45, 2.75) is 271 Å². The van der Waals surface area contributed by atoms with Crippen molar-refractivity contribution in [1.82, 2.24) is 0 Å². The number of ether oxygens (including phenoxy) is 3. The van der Waals surface area contributed by atoms with Gasteiger partial charge in [0.1, 0.15) is 13.2 Å². The van der Waals surface area contributed by atoms with Crippen LogP contribution in [0.25, 0.3) is 0 Å². The normalized spacial score (nSPS) is 13.3. The van der Waals surface area contributed by atoms with E-state index in [-0.39, 0.29) is 31.1 Å². The molecular weight excluding hydrogens is 997 g/mol. The van der Waals surface area contributed by atoms with Gasteiger partial charge >= 0.3 is 17.9 Å². The Bertz CT molecular complexity index is 1860. The minimum Gasteiger partial charge on any atom is -0.462 e. The molecule has 1 unspecified atom stereocenters. The molecule has 0 radical (unpaired) electrons. The zero-order chi connectivity index (χ0) is 58.5. The lowest BCUT2D eigenvalue weighted by Gasteiger charge is -2.18. The molecule has 0 fully saturated rings. The summed E-state index contributed by atoms with van der Waals surface area (Å²) in [5, 5.41) is 0. The summed E-state index contributed by atoms with van der Waals surface area (Å²) in [6, 6.07) is 0. The average molecular weight is 1120 g/mol. The lowest BCUT2D eigenvalue weighted by molar-refractivity contribution is -0.167. The van der Waals surface area contributed by atoms with Crippen LogP contribution in [0.15, 0.2) is 170 Å². The summed E-state index contributed by atoms with van der Waals surface area (Å²) in [7, 11) is 0. The lowest BCUT2D eigenvalue weighted by atomic mass is 10.0. The van der Waals surface area contributed by atoms with E-state index in [4.69, 9.17) is 14.2 Å². The molecule has 1 atom stereocenters. The Morgan fingerprint density at radius 1 is 0.259 bits per heavy atom. The van der Waals surface area contributed by atoms with Gasteiger partial charge < -0.3 is 14.2 Å². The lowest BCUT2D eigenvalue weighted by Crippen LogP contribution is -2.30. The Morgan fingerprint density at radius 2 is 0.481 bits per heavy atom. The molecule has 6 heteroatoms. The summed E-state index contributed by atoms with van der Waals surface area (Å²) in [5.74, 6) is -0.975. The molecule has 454 valence electrons. The molecule has 0 saturated carbocycles. The second-order valence-electron chi connectivity index (χ2n) is 20.9. The van der Waals surface area contributed by atoms with Crippen LogP contribution in [0.4, 0.5) is 0 Å². The monoisotopic (exact) mass is 1110 g/mol. The van der Waals surface area contributed by atoms with Gasteiger partial charge in [0.15, 0.2) is 6.10 Å². The van der Waals surface area contributed by atoms with Gasteiger partial charge in [-0.2, -0.15) is 0 Å². The Kier molecular flexibility index (Phi) is 62.9. The number of allylic oxidation sites excluding steroid dienone is 28. The topological polar surface area (TPSA) is 78.9 Å². The molecule has 0 aromatic rings. The zero-order valence-corrected chi connectivity index (χ0v) is 52.0. The Morgan fingerprint density at radius 3 is 0.778 bits per heavy atom. The van der Waals surface area contributed by atoms with E-state index >= 15 is 0 Å². The number of unbranched alkanes of at least 4 members (excludes halogenated alkanes) is 18. The number of hydrogen-bond donors (Lipinski definition) is 0. The van der Waals surface area contributed by atoms with Crippen molar-refractivity contribution >= 4 is 17.9 Å². The molecule has 6 nitrogen and oxygen atoms in total. The van der Waals surface area contributed by atoms with Crippen molar-refractivity contribution in [1.29, 1.82) is 0 Å². The fourth-order valence-corrected chi connectivity index (χ4v) is 8.37. The van der Waals surface area contributed by atoms with E-state index in [1.54, 1.807) is 0 Å². The van der Waals surface area contributed by atoms with Crippen molar-refractivity contribution in [2.75, 3.05) is 13.2 Å². The second kappa shape index (κ2) is 67.3. The van der Waals surface area contributed by atoms with Gasteiger partial charge in [-0.1, -0.05) is 268 Å². The van der Waals surface area contributed by atoms with Crippen LogP contribution in [-0.4, -0.2) is 37.2 Å². The smallest absolute Gasteiger partial charge is 0.306 e. The molecule has 0 heterocycles. The predicted molar refractivity (Wildman–Crippen MR) is 352 cm³/mol. The summed E-state index contributed by atoms with van der Waals surface area (Å²) in [5.41, 5.74) is 0. The Balaban J connectivity index is 4.46. The summed E-state index contributed by atoms with van der Waals surface area (Å²) < 4.78 is 16.9. The Hall–Kier alpha value is -5.23. The van der Waals surface area contributed by atoms with Crippen LogP contribution in [0, 0.1) is 0 Å². The van der Waals surface area contributed by atoms with Crippen LogP contribution >= 0.6 is 0 Å². The van der Waals surface area contributed by atoms with Crippen molar-refractivity contribution in [3.63, 3.8) is 0 Å². The summed E-state index contributed by atoms with van der Waals surface area (Å²) in [6.45, 7) is 6.29. The first-order valence-electron chi connectivity index (χ1n) is 32.6. The molecule has 0 bridgehead atoms. The maximum atomic E-state index is 12.9. The molecule has 0 saturated heterocycles. The van der Waals surface area contributed by atoms with Gasteiger partial charge in [0, 0.05) is 19.3 Å². The minimum absolute atomic E-state index is 0.108. The third-order valence-electron chi connectivity index (χ3n) is 13.2. The summed E-state index contributed by atoms with van der Waals surface area (Å²) >= 11 is 0. The fraction of sp³-hybridized carbons (Fsp3) is 0.587. The van der Waals surface area contributed by atoms with Crippen molar-refractivity contribution in [2.24, 2.45) is 0 Å². The van der Waals surface area contributed by atoms with Gasteiger partial charge in [0.25, 0.3) is 0 Å². The third-order valence-corrected chi connectivity index (χ3v) is 13.2. The first-order chi connectivity index (χ1) is 40.0. The van der Waals surface area contributed by atoms with E-state index < -0.39 is 6.10 Å². The van der Waals surface area contributed by atoms with E-state index in [1.165, 1.54) is 57.8 Å².